The minimum Gasteiger partial charge on any atom is -0.467 e. The lowest BCUT2D eigenvalue weighted by atomic mass is 10.1. The van der Waals surface area contributed by atoms with Crippen molar-refractivity contribution in [3.63, 3.8) is 0 Å². The van der Waals surface area contributed by atoms with Crippen LogP contribution in [0.1, 0.15) is 29.9 Å². The van der Waals surface area contributed by atoms with Crippen molar-refractivity contribution in [1.82, 2.24) is 10.2 Å². The number of likely N-dealkylation sites (N-methyl/N-ethyl adjacent to an activating group) is 1. The molecule has 0 radical (unpaired) electrons. The number of amides is 1. The van der Waals surface area contributed by atoms with Gasteiger partial charge in [-0.2, -0.15) is 0 Å². The zero-order valence-corrected chi connectivity index (χ0v) is 13.7. The molecular formula is C18H24N2O3. The molecule has 0 aliphatic rings. The SMILES string of the molecule is CCN(CC(=O)NCc1ccco1)CC(O)c1ccc(C)cc1. The number of carbonyl (C=O) groups is 1. The van der Waals surface area contributed by atoms with Crippen molar-refractivity contribution in [2.75, 3.05) is 19.6 Å². The van der Waals surface area contributed by atoms with E-state index in [9.17, 15) is 9.90 Å². The minimum atomic E-state index is -0.603. The molecule has 1 aromatic heterocycles. The number of aliphatic hydroxyl groups excluding tert-OH is 1. The fourth-order valence-corrected chi connectivity index (χ4v) is 2.30. The van der Waals surface area contributed by atoms with Gasteiger partial charge in [-0.15, -0.1) is 0 Å². The molecule has 1 heterocycles. The molecule has 1 amide bonds. The van der Waals surface area contributed by atoms with Crippen molar-refractivity contribution < 1.29 is 14.3 Å². The number of nitrogens with one attached hydrogen (secondary N) is 1. The van der Waals surface area contributed by atoms with Gasteiger partial charge in [-0.25, -0.2) is 0 Å². The van der Waals surface area contributed by atoms with Crippen LogP contribution in [0, 0.1) is 6.92 Å². The van der Waals surface area contributed by atoms with Gasteiger partial charge in [0.1, 0.15) is 5.76 Å². The number of carbonyl (C=O) groups excluding carboxylic acids is 1. The van der Waals surface area contributed by atoms with Crippen molar-refractivity contribution in [3.8, 4) is 0 Å². The van der Waals surface area contributed by atoms with Gasteiger partial charge in [0, 0.05) is 6.54 Å². The molecule has 1 atom stereocenters. The summed E-state index contributed by atoms with van der Waals surface area (Å²) in [4.78, 5) is 13.9. The first-order valence-electron chi connectivity index (χ1n) is 7.84. The Balaban J connectivity index is 1.81. The molecule has 23 heavy (non-hydrogen) atoms. The molecule has 0 bridgehead atoms. The van der Waals surface area contributed by atoms with E-state index < -0.39 is 6.10 Å². The number of benzene rings is 1. The molecule has 2 aromatic rings. The average Bonchev–Trinajstić information content (AvgIpc) is 3.06. The fraction of sp³-hybridized carbons (Fsp3) is 0.389. The molecule has 0 aliphatic carbocycles. The van der Waals surface area contributed by atoms with Crippen LogP contribution in [0.3, 0.4) is 0 Å². The van der Waals surface area contributed by atoms with Crippen LogP contribution in [0.5, 0.6) is 0 Å². The summed E-state index contributed by atoms with van der Waals surface area (Å²) in [5.41, 5.74) is 2.02. The van der Waals surface area contributed by atoms with Crippen molar-refractivity contribution >= 4 is 5.91 Å². The smallest absolute Gasteiger partial charge is 0.234 e. The third-order valence-electron chi connectivity index (χ3n) is 3.75. The van der Waals surface area contributed by atoms with Gasteiger partial charge in [-0.1, -0.05) is 36.8 Å². The Bertz CT molecular complexity index is 593. The second kappa shape index (κ2) is 8.50. The van der Waals surface area contributed by atoms with Gasteiger partial charge in [0.05, 0.1) is 25.5 Å². The quantitative estimate of drug-likeness (QED) is 0.784. The van der Waals surface area contributed by atoms with E-state index in [2.05, 4.69) is 5.32 Å². The first-order valence-corrected chi connectivity index (χ1v) is 7.84. The molecule has 5 heteroatoms. The summed E-state index contributed by atoms with van der Waals surface area (Å²) in [6, 6.07) is 11.4. The molecule has 0 saturated heterocycles. The Morgan fingerprint density at radius 2 is 2.04 bits per heavy atom. The summed E-state index contributed by atoms with van der Waals surface area (Å²) in [5, 5.41) is 13.1. The van der Waals surface area contributed by atoms with E-state index >= 15 is 0 Å². The monoisotopic (exact) mass is 316 g/mol. The number of rotatable bonds is 8. The standard InChI is InChI=1S/C18H24N2O3/c1-3-20(12-17(21)15-8-6-14(2)7-9-15)13-18(22)19-11-16-5-4-10-23-16/h4-10,17,21H,3,11-13H2,1-2H3,(H,19,22). The number of furan rings is 1. The van der Waals surface area contributed by atoms with E-state index in [4.69, 9.17) is 4.42 Å². The molecule has 2 rings (SSSR count). The highest BCUT2D eigenvalue weighted by molar-refractivity contribution is 5.77. The zero-order valence-electron chi connectivity index (χ0n) is 13.7. The fourth-order valence-electron chi connectivity index (χ4n) is 2.30. The predicted molar refractivity (Wildman–Crippen MR) is 88.8 cm³/mol. The summed E-state index contributed by atoms with van der Waals surface area (Å²) in [5.74, 6) is 0.639. The lowest BCUT2D eigenvalue weighted by Gasteiger charge is -2.23. The maximum absolute atomic E-state index is 12.0. The highest BCUT2D eigenvalue weighted by atomic mass is 16.3. The van der Waals surface area contributed by atoms with Crippen LogP contribution < -0.4 is 5.32 Å². The number of nitrogens with zero attached hydrogens (tertiary/aromatic N) is 1. The van der Waals surface area contributed by atoms with Crippen LogP contribution in [0.2, 0.25) is 0 Å². The first-order chi connectivity index (χ1) is 11.1. The van der Waals surface area contributed by atoms with Gasteiger partial charge in [-0.05, 0) is 31.2 Å². The van der Waals surface area contributed by atoms with Crippen LogP contribution in [-0.4, -0.2) is 35.5 Å². The Morgan fingerprint density at radius 3 is 2.65 bits per heavy atom. The van der Waals surface area contributed by atoms with Crippen LogP contribution in [0.4, 0.5) is 0 Å². The zero-order chi connectivity index (χ0) is 16.7. The molecule has 124 valence electrons. The maximum atomic E-state index is 12.0. The van der Waals surface area contributed by atoms with Crippen molar-refractivity contribution in [2.24, 2.45) is 0 Å². The van der Waals surface area contributed by atoms with Gasteiger partial charge in [-0.3, -0.25) is 9.69 Å². The molecule has 0 fully saturated rings. The number of hydrogen-bond acceptors (Lipinski definition) is 4. The van der Waals surface area contributed by atoms with Crippen molar-refractivity contribution in [1.29, 1.82) is 0 Å². The normalized spacial score (nSPS) is 12.3. The second-order valence-electron chi connectivity index (χ2n) is 5.61. The van der Waals surface area contributed by atoms with Gasteiger partial charge < -0.3 is 14.8 Å². The molecule has 1 aromatic carbocycles. The largest absolute Gasteiger partial charge is 0.467 e. The van der Waals surface area contributed by atoms with Crippen molar-refractivity contribution in [3.05, 3.63) is 59.5 Å². The predicted octanol–water partition coefficient (Wildman–Crippen LogP) is 2.26. The maximum Gasteiger partial charge on any atom is 0.234 e. The highest BCUT2D eigenvalue weighted by Gasteiger charge is 2.15. The van der Waals surface area contributed by atoms with E-state index in [1.807, 2.05) is 49.1 Å². The highest BCUT2D eigenvalue weighted by Crippen LogP contribution is 2.15. The Kier molecular flexibility index (Phi) is 6.38. The lowest BCUT2D eigenvalue weighted by molar-refractivity contribution is -0.122. The molecular weight excluding hydrogens is 292 g/mol. The summed E-state index contributed by atoms with van der Waals surface area (Å²) in [7, 11) is 0. The lowest BCUT2D eigenvalue weighted by Crippen LogP contribution is -2.38. The van der Waals surface area contributed by atoms with Gasteiger partial charge in [0.15, 0.2) is 0 Å². The Hall–Kier alpha value is -2.11. The van der Waals surface area contributed by atoms with E-state index in [1.54, 1.807) is 12.3 Å². The van der Waals surface area contributed by atoms with Crippen LogP contribution in [-0.2, 0) is 11.3 Å². The van der Waals surface area contributed by atoms with Crippen LogP contribution in [0.15, 0.2) is 47.1 Å². The van der Waals surface area contributed by atoms with E-state index in [0.717, 1.165) is 16.9 Å². The molecule has 5 nitrogen and oxygen atoms in total. The van der Waals surface area contributed by atoms with E-state index in [1.165, 1.54) is 0 Å². The van der Waals surface area contributed by atoms with Crippen LogP contribution >= 0.6 is 0 Å². The Morgan fingerprint density at radius 1 is 1.30 bits per heavy atom. The van der Waals surface area contributed by atoms with E-state index in [-0.39, 0.29) is 12.5 Å². The van der Waals surface area contributed by atoms with Gasteiger partial charge in [0.2, 0.25) is 5.91 Å². The number of aliphatic hydroxyl groups is 1. The molecule has 2 N–H and O–H groups in total. The second-order valence-corrected chi connectivity index (χ2v) is 5.61. The van der Waals surface area contributed by atoms with Gasteiger partial charge >= 0.3 is 0 Å². The third kappa shape index (κ3) is 5.54. The summed E-state index contributed by atoms with van der Waals surface area (Å²) in [6.45, 7) is 5.73. The number of hydrogen-bond donors (Lipinski definition) is 2. The third-order valence-corrected chi connectivity index (χ3v) is 3.75. The summed E-state index contributed by atoms with van der Waals surface area (Å²) >= 11 is 0. The van der Waals surface area contributed by atoms with E-state index in [0.29, 0.717) is 19.6 Å². The van der Waals surface area contributed by atoms with Crippen molar-refractivity contribution in [2.45, 2.75) is 26.5 Å². The summed E-state index contributed by atoms with van der Waals surface area (Å²) in [6.07, 6.45) is 0.978. The van der Waals surface area contributed by atoms with Crippen LogP contribution in [0.25, 0.3) is 0 Å². The molecule has 0 aliphatic heterocycles. The summed E-state index contributed by atoms with van der Waals surface area (Å²) < 4.78 is 5.18. The average molecular weight is 316 g/mol. The topological polar surface area (TPSA) is 65.7 Å². The first kappa shape index (κ1) is 17.2. The Labute approximate surface area is 136 Å². The molecule has 0 saturated carbocycles. The van der Waals surface area contributed by atoms with Gasteiger partial charge in [0.25, 0.3) is 0 Å². The minimum absolute atomic E-state index is 0.0839. The molecule has 0 spiro atoms. The molecule has 1 unspecified atom stereocenters. The number of aryl methyl sites for hydroxylation is 1.